The Labute approximate surface area is 124 Å². The molecule has 0 bridgehead atoms. The highest BCUT2D eigenvalue weighted by Gasteiger charge is 2.47. The fraction of sp³-hybridized carbons (Fsp3) is 0.500. The summed E-state index contributed by atoms with van der Waals surface area (Å²) in [4.78, 5) is 23.3. The molecule has 1 aromatic rings. The number of benzene rings is 1. The standard InChI is InChI=1S/C16H20N2O3/c1-9(19)17-14-4-3-13(8-15(14)21-2)18-16(20)12-6-10-5-11(10)7-12/h3-4,8,10-12H,5-7H2,1-2H3,(H,17,19)(H,18,20). The van der Waals surface area contributed by atoms with Crippen molar-refractivity contribution in [1.29, 1.82) is 0 Å². The zero-order valence-electron chi connectivity index (χ0n) is 12.3. The summed E-state index contributed by atoms with van der Waals surface area (Å²) in [5.41, 5.74) is 1.30. The van der Waals surface area contributed by atoms with Crippen LogP contribution in [0.5, 0.6) is 5.75 Å². The molecule has 5 nitrogen and oxygen atoms in total. The predicted octanol–water partition coefficient (Wildman–Crippen LogP) is 2.64. The molecule has 2 unspecified atom stereocenters. The van der Waals surface area contributed by atoms with Crippen LogP contribution in [0.1, 0.15) is 26.2 Å². The van der Waals surface area contributed by atoms with Crippen LogP contribution < -0.4 is 15.4 Å². The molecule has 21 heavy (non-hydrogen) atoms. The summed E-state index contributed by atoms with van der Waals surface area (Å²) >= 11 is 0. The first-order valence-electron chi connectivity index (χ1n) is 7.33. The van der Waals surface area contributed by atoms with E-state index in [1.54, 1.807) is 18.2 Å². The lowest BCUT2D eigenvalue weighted by Gasteiger charge is -2.14. The number of carbonyl (C=O) groups is 2. The monoisotopic (exact) mass is 288 g/mol. The van der Waals surface area contributed by atoms with Crippen molar-refractivity contribution in [3.05, 3.63) is 18.2 Å². The Kier molecular flexibility index (Phi) is 3.57. The minimum absolute atomic E-state index is 0.0940. The second-order valence-electron chi connectivity index (χ2n) is 6.01. The van der Waals surface area contributed by atoms with Crippen molar-refractivity contribution in [2.75, 3.05) is 17.7 Å². The fourth-order valence-corrected chi connectivity index (χ4v) is 3.24. The highest BCUT2D eigenvalue weighted by molar-refractivity contribution is 5.95. The van der Waals surface area contributed by atoms with Gasteiger partial charge in [0, 0.05) is 24.6 Å². The first kappa shape index (κ1) is 13.9. The Morgan fingerprint density at radius 2 is 1.86 bits per heavy atom. The number of amides is 2. The number of carbonyl (C=O) groups excluding carboxylic acids is 2. The number of hydrogen-bond donors (Lipinski definition) is 2. The summed E-state index contributed by atoms with van der Waals surface area (Å²) in [5.74, 6) is 2.20. The molecule has 0 spiro atoms. The van der Waals surface area contributed by atoms with Crippen LogP contribution in [0.15, 0.2) is 18.2 Å². The molecule has 112 valence electrons. The van der Waals surface area contributed by atoms with Crippen LogP contribution in [-0.2, 0) is 9.59 Å². The van der Waals surface area contributed by atoms with E-state index in [9.17, 15) is 9.59 Å². The quantitative estimate of drug-likeness (QED) is 0.895. The number of methoxy groups -OCH3 is 1. The minimum atomic E-state index is -0.157. The molecule has 1 aromatic carbocycles. The van der Waals surface area contributed by atoms with E-state index in [4.69, 9.17) is 4.74 Å². The Morgan fingerprint density at radius 1 is 1.14 bits per heavy atom. The SMILES string of the molecule is COc1cc(NC(=O)C2CC3CC3C2)ccc1NC(C)=O. The molecule has 2 N–H and O–H groups in total. The number of rotatable bonds is 4. The van der Waals surface area contributed by atoms with Crippen LogP contribution in [0.3, 0.4) is 0 Å². The van der Waals surface area contributed by atoms with Gasteiger partial charge >= 0.3 is 0 Å². The van der Waals surface area contributed by atoms with Gasteiger partial charge in [0.2, 0.25) is 11.8 Å². The van der Waals surface area contributed by atoms with E-state index < -0.39 is 0 Å². The Bertz CT molecular complexity index is 575. The number of hydrogen-bond acceptors (Lipinski definition) is 3. The first-order valence-corrected chi connectivity index (χ1v) is 7.33. The lowest BCUT2D eigenvalue weighted by atomic mass is 10.0. The van der Waals surface area contributed by atoms with Crippen molar-refractivity contribution in [2.45, 2.75) is 26.2 Å². The van der Waals surface area contributed by atoms with Crippen molar-refractivity contribution in [1.82, 2.24) is 0 Å². The summed E-state index contributed by atoms with van der Waals surface area (Å²) in [6.45, 7) is 1.44. The van der Waals surface area contributed by atoms with E-state index in [-0.39, 0.29) is 17.7 Å². The van der Waals surface area contributed by atoms with Gasteiger partial charge in [-0.1, -0.05) is 0 Å². The maximum Gasteiger partial charge on any atom is 0.227 e. The van der Waals surface area contributed by atoms with Crippen molar-refractivity contribution < 1.29 is 14.3 Å². The van der Waals surface area contributed by atoms with Gasteiger partial charge in [0.15, 0.2) is 0 Å². The van der Waals surface area contributed by atoms with Crippen molar-refractivity contribution in [3.8, 4) is 5.75 Å². The molecule has 2 saturated carbocycles. The van der Waals surface area contributed by atoms with Crippen molar-refractivity contribution in [2.24, 2.45) is 17.8 Å². The van der Waals surface area contributed by atoms with Crippen LogP contribution in [0, 0.1) is 17.8 Å². The summed E-state index contributed by atoms with van der Waals surface area (Å²) in [6, 6.07) is 5.25. The van der Waals surface area contributed by atoms with Crippen LogP contribution in [-0.4, -0.2) is 18.9 Å². The summed E-state index contributed by atoms with van der Waals surface area (Å²) in [7, 11) is 1.54. The molecule has 2 aliphatic carbocycles. The third kappa shape index (κ3) is 3.01. The lowest BCUT2D eigenvalue weighted by Crippen LogP contribution is -2.21. The number of fused-ring (bicyclic) bond motifs is 1. The molecule has 3 rings (SSSR count). The molecule has 0 saturated heterocycles. The maximum absolute atomic E-state index is 12.2. The van der Waals surface area contributed by atoms with E-state index in [1.807, 2.05) is 0 Å². The van der Waals surface area contributed by atoms with E-state index in [0.29, 0.717) is 17.1 Å². The van der Waals surface area contributed by atoms with Gasteiger partial charge < -0.3 is 15.4 Å². The average molecular weight is 288 g/mol. The van der Waals surface area contributed by atoms with E-state index in [2.05, 4.69) is 10.6 Å². The topological polar surface area (TPSA) is 67.4 Å². The van der Waals surface area contributed by atoms with E-state index >= 15 is 0 Å². The van der Waals surface area contributed by atoms with Crippen LogP contribution in [0.4, 0.5) is 11.4 Å². The molecule has 2 aliphatic rings. The molecule has 2 atom stereocenters. The summed E-state index contributed by atoms with van der Waals surface area (Å²) < 4.78 is 5.25. The average Bonchev–Trinajstić information content (AvgIpc) is 3.06. The minimum Gasteiger partial charge on any atom is -0.494 e. The smallest absolute Gasteiger partial charge is 0.227 e. The maximum atomic E-state index is 12.2. The number of anilines is 2. The number of ether oxygens (including phenoxy) is 1. The fourth-order valence-electron chi connectivity index (χ4n) is 3.24. The molecular weight excluding hydrogens is 268 g/mol. The van der Waals surface area contributed by atoms with Crippen molar-refractivity contribution in [3.63, 3.8) is 0 Å². The molecule has 2 amide bonds. The summed E-state index contributed by atoms with van der Waals surface area (Å²) in [5, 5.41) is 5.64. The molecule has 0 aromatic heterocycles. The number of nitrogens with one attached hydrogen (secondary N) is 2. The first-order chi connectivity index (χ1) is 10.1. The van der Waals surface area contributed by atoms with Gasteiger partial charge in [0.05, 0.1) is 12.8 Å². The van der Waals surface area contributed by atoms with Gasteiger partial charge in [-0.2, -0.15) is 0 Å². The van der Waals surface area contributed by atoms with Gasteiger partial charge in [-0.25, -0.2) is 0 Å². The Morgan fingerprint density at radius 3 is 2.48 bits per heavy atom. The van der Waals surface area contributed by atoms with Gasteiger partial charge in [0.1, 0.15) is 5.75 Å². The highest BCUT2D eigenvalue weighted by Crippen LogP contribution is 2.54. The molecular formula is C16H20N2O3. The second-order valence-corrected chi connectivity index (χ2v) is 6.01. The van der Waals surface area contributed by atoms with Crippen LogP contribution in [0.2, 0.25) is 0 Å². The van der Waals surface area contributed by atoms with E-state index in [0.717, 1.165) is 24.7 Å². The zero-order valence-corrected chi connectivity index (χ0v) is 12.3. The van der Waals surface area contributed by atoms with Gasteiger partial charge in [0.25, 0.3) is 0 Å². The Balaban J connectivity index is 1.67. The third-order valence-electron chi connectivity index (χ3n) is 4.39. The van der Waals surface area contributed by atoms with Gasteiger partial charge in [-0.3, -0.25) is 9.59 Å². The molecule has 5 heteroatoms. The highest BCUT2D eigenvalue weighted by atomic mass is 16.5. The third-order valence-corrected chi connectivity index (χ3v) is 4.39. The van der Waals surface area contributed by atoms with Gasteiger partial charge in [-0.05, 0) is 43.2 Å². The normalized spacial score (nSPS) is 25.9. The van der Waals surface area contributed by atoms with Gasteiger partial charge in [-0.15, -0.1) is 0 Å². The molecule has 0 radical (unpaired) electrons. The largest absolute Gasteiger partial charge is 0.494 e. The molecule has 2 fully saturated rings. The summed E-state index contributed by atoms with van der Waals surface area (Å²) in [6.07, 6.45) is 3.36. The van der Waals surface area contributed by atoms with Crippen LogP contribution >= 0.6 is 0 Å². The predicted molar refractivity (Wildman–Crippen MR) is 80.2 cm³/mol. The van der Waals surface area contributed by atoms with Crippen LogP contribution in [0.25, 0.3) is 0 Å². The Hall–Kier alpha value is -2.04. The second kappa shape index (κ2) is 5.39. The van der Waals surface area contributed by atoms with E-state index in [1.165, 1.54) is 20.5 Å². The zero-order chi connectivity index (χ0) is 15.0. The molecule has 0 heterocycles. The molecule has 0 aliphatic heterocycles. The van der Waals surface area contributed by atoms with Crippen molar-refractivity contribution >= 4 is 23.2 Å². The lowest BCUT2D eigenvalue weighted by molar-refractivity contribution is -0.120.